The number of anilines is 2. The van der Waals surface area contributed by atoms with E-state index in [0.29, 0.717) is 0 Å². The van der Waals surface area contributed by atoms with Crippen LogP contribution in [0.1, 0.15) is 12.8 Å². The molecule has 0 spiro atoms. The number of benzene rings is 1. The predicted molar refractivity (Wildman–Crippen MR) is 94.2 cm³/mol. The van der Waals surface area contributed by atoms with Crippen molar-refractivity contribution in [3.8, 4) is 0 Å². The summed E-state index contributed by atoms with van der Waals surface area (Å²) in [6, 6.07) is 7.77. The summed E-state index contributed by atoms with van der Waals surface area (Å²) in [6.07, 6.45) is 2.29. The summed E-state index contributed by atoms with van der Waals surface area (Å²) >= 11 is 0. The van der Waals surface area contributed by atoms with Gasteiger partial charge in [0.25, 0.3) is 5.91 Å². The van der Waals surface area contributed by atoms with E-state index in [1.807, 2.05) is 24.3 Å². The van der Waals surface area contributed by atoms with Crippen LogP contribution in [0.15, 0.2) is 35.5 Å². The fraction of sp³-hybridized carbons (Fsp3) is 0.444. The minimum atomic E-state index is -0.532. The molecule has 2 aliphatic heterocycles. The van der Waals surface area contributed by atoms with Crippen molar-refractivity contribution in [2.75, 3.05) is 50.1 Å². The van der Waals surface area contributed by atoms with Gasteiger partial charge in [0.05, 0.1) is 37.2 Å². The van der Waals surface area contributed by atoms with Gasteiger partial charge in [-0.15, -0.1) is 0 Å². The molecule has 2 aliphatic rings. The first-order chi connectivity index (χ1) is 12.2. The van der Waals surface area contributed by atoms with E-state index in [2.05, 4.69) is 10.2 Å². The Kier molecular flexibility index (Phi) is 5.23. The fourth-order valence-electron chi connectivity index (χ4n) is 3.30. The Morgan fingerprint density at radius 3 is 2.68 bits per heavy atom. The molecule has 0 aromatic heterocycles. The minimum absolute atomic E-state index is 0.139. The van der Waals surface area contributed by atoms with E-state index < -0.39 is 5.97 Å². The van der Waals surface area contributed by atoms with Crippen LogP contribution in [0.2, 0.25) is 0 Å². The number of rotatable bonds is 6. The van der Waals surface area contributed by atoms with Crippen molar-refractivity contribution in [2.24, 2.45) is 0 Å². The minimum Gasteiger partial charge on any atom is -0.466 e. The first-order valence-corrected chi connectivity index (χ1v) is 8.48. The topological polar surface area (TPSA) is 82.1 Å². The molecule has 0 bridgehead atoms. The highest BCUT2D eigenvalue weighted by Gasteiger charge is 2.34. The van der Waals surface area contributed by atoms with Gasteiger partial charge in [-0.3, -0.25) is 4.79 Å². The van der Waals surface area contributed by atoms with Crippen LogP contribution in [0.4, 0.5) is 11.4 Å². The SMILES string of the molecule is COC(=O)C1=C(Nc2ccccc2N2CCCC2)C(=O)N(CCO)C1. The number of para-hydroxylation sites is 2. The predicted octanol–water partition coefficient (Wildman–Crippen LogP) is 0.960. The lowest BCUT2D eigenvalue weighted by molar-refractivity contribution is -0.136. The van der Waals surface area contributed by atoms with Gasteiger partial charge >= 0.3 is 5.97 Å². The van der Waals surface area contributed by atoms with Gasteiger partial charge in [0.15, 0.2) is 0 Å². The van der Waals surface area contributed by atoms with Crippen LogP contribution >= 0.6 is 0 Å². The molecule has 1 fully saturated rings. The summed E-state index contributed by atoms with van der Waals surface area (Å²) in [4.78, 5) is 28.4. The number of aliphatic hydroxyl groups excluding tert-OH is 1. The maximum Gasteiger partial charge on any atom is 0.337 e. The second-order valence-corrected chi connectivity index (χ2v) is 6.13. The number of carbonyl (C=O) groups is 2. The molecule has 0 saturated carbocycles. The maximum absolute atomic E-state index is 12.6. The van der Waals surface area contributed by atoms with Crippen LogP contribution in [0, 0.1) is 0 Å². The molecule has 0 radical (unpaired) electrons. The van der Waals surface area contributed by atoms with E-state index >= 15 is 0 Å². The highest BCUT2D eigenvalue weighted by atomic mass is 16.5. The number of carbonyl (C=O) groups excluding carboxylic acids is 2. The summed E-state index contributed by atoms with van der Waals surface area (Å²) in [6.45, 7) is 2.12. The highest BCUT2D eigenvalue weighted by molar-refractivity contribution is 6.09. The van der Waals surface area contributed by atoms with Gasteiger partial charge in [0, 0.05) is 19.6 Å². The second kappa shape index (κ2) is 7.57. The smallest absolute Gasteiger partial charge is 0.337 e. The van der Waals surface area contributed by atoms with E-state index in [4.69, 9.17) is 9.84 Å². The van der Waals surface area contributed by atoms with Crippen molar-refractivity contribution in [3.05, 3.63) is 35.5 Å². The third-order valence-corrected chi connectivity index (χ3v) is 4.56. The Morgan fingerprint density at radius 1 is 1.28 bits per heavy atom. The molecule has 0 aliphatic carbocycles. The Bertz CT molecular complexity index is 695. The Morgan fingerprint density at radius 2 is 2.00 bits per heavy atom. The lowest BCUT2D eigenvalue weighted by Gasteiger charge is -2.22. The largest absolute Gasteiger partial charge is 0.466 e. The molecule has 0 unspecified atom stereocenters. The first kappa shape index (κ1) is 17.3. The van der Waals surface area contributed by atoms with Crippen molar-refractivity contribution in [1.82, 2.24) is 4.90 Å². The van der Waals surface area contributed by atoms with Crippen molar-refractivity contribution in [1.29, 1.82) is 0 Å². The van der Waals surface area contributed by atoms with E-state index in [-0.39, 0.29) is 36.9 Å². The maximum atomic E-state index is 12.6. The molecular formula is C18H23N3O4. The molecule has 3 rings (SSSR count). The Labute approximate surface area is 146 Å². The van der Waals surface area contributed by atoms with E-state index in [0.717, 1.165) is 37.3 Å². The number of hydrogen-bond donors (Lipinski definition) is 2. The van der Waals surface area contributed by atoms with Gasteiger partial charge in [-0.25, -0.2) is 4.79 Å². The molecule has 0 atom stereocenters. The van der Waals surface area contributed by atoms with Gasteiger partial charge < -0.3 is 25.0 Å². The van der Waals surface area contributed by atoms with Gasteiger partial charge in [-0.1, -0.05) is 12.1 Å². The number of methoxy groups -OCH3 is 1. The van der Waals surface area contributed by atoms with Gasteiger partial charge in [0.1, 0.15) is 5.70 Å². The third kappa shape index (κ3) is 3.46. The number of ether oxygens (including phenoxy) is 1. The first-order valence-electron chi connectivity index (χ1n) is 8.48. The van der Waals surface area contributed by atoms with Gasteiger partial charge in [-0.05, 0) is 25.0 Å². The number of esters is 1. The summed E-state index contributed by atoms with van der Waals surface area (Å²) in [5.74, 6) is -0.833. The molecular weight excluding hydrogens is 322 g/mol. The average molecular weight is 345 g/mol. The second-order valence-electron chi connectivity index (χ2n) is 6.13. The van der Waals surface area contributed by atoms with Crippen LogP contribution in [0.5, 0.6) is 0 Å². The molecule has 7 heteroatoms. The number of nitrogens with zero attached hydrogens (tertiary/aromatic N) is 2. The van der Waals surface area contributed by atoms with Crippen molar-refractivity contribution < 1.29 is 19.4 Å². The molecule has 1 saturated heterocycles. The zero-order valence-electron chi connectivity index (χ0n) is 14.3. The molecule has 1 aromatic rings. The number of nitrogens with one attached hydrogen (secondary N) is 1. The lowest BCUT2D eigenvalue weighted by atomic mass is 10.2. The van der Waals surface area contributed by atoms with Crippen molar-refractivity contribution in [3.63, 3.8) is 0 Å². The molecule has 2 heterocycles. The van der Waals surface area contributed by atoms with Crippen LogP contribution < -0.4 is 10.2 Å². The monoisotopic (exact) mass is 345 g/mol. The zero-order chi connectivity index (χ0) is 17.8. The summed E-state index contributed by atoms with van der Waals surface area (Å²) in [5.41, 5.74) is 2.33. The van der Waals surface area contributed by atoms with Crippen LogP contribution in [0.3, 0.4) is 0 Å². The van der Waals surface area contributed by atoms with E-state index in [1.54, 1.807) is 0 Å². The van der Waals surface area contributed by atoms with E-state index in [9.17, 15) is 9.59 Å². The molecule has 1 amide bonds. The van der Waals surface area contributed by atoms with Crippen molar-refractivity contribution in [2.45, 2.75) is 12.8 Å². The number of aliphatic hydroxyl groups is 1. The number of amides is 1. The number of hydrogen-bond acceptors (Lipinski definition) is 6. The van der Waals surface area contributed by atoms with Gasteiger partial charge in [0.2, 0.25) is 0 Å². The van der Waals surface area contributed by atoms with Gasteiger partial charge in [-0.2, -0.15) is 0 Å². The quantitative estimate of drug-likeness (QED) is 0.748. The zero-order valence-corrected chi connectivity index (χ0v) is 14.3. The molecule has 1 aromatic carbocycles. The average Bonchev–Trinajstić information content (AvgIpc) is 3.26. The Hall–Kier alpha value is -2.54. The van der Waals surface area contributed by atoms with Crippen molar-refractivity contribution >= 4 is 23.3 Å². The molecule has 25 heavy (non-hydrogen) atoms. The third-order valence-electron chi connectivity index (χ3n) is 4.56. The Balaban J connectivity index is 1.91. The summed E-state index contributed by atoms with van der Waals surface area (Å²) in [7, 11) is 1.30. The van der Waals surface area contributed by atoms with Crippen LogP contribution in [-0.2, 0) is 14.3 Å². The molecule has 134 valence electrons. The highest BCUT2D eigenvalue weighted by Crippen LogP contribution is 2.31. The molecule has 7 nitrogen and oxygen atoms in total. The summed E-state index contributed by atoms with van der Waals surface area (Å²) < 4.78 is 4.82. The lowest BCUT2D eigenvalue weighted by Crippen LogP contribution is -2.31. The number of β-amino-alcohol motifs (C(OH)–C–C–N with tert-alkyl or cyclic N) is 1. The summed E-state index contributed by atoms with van der Waals surface area (Å²) in [5, 5.41) is 12.3. The molecule has 2 N–H and O–H groups in total. The van der Waals surface area contributed by atoms with Crippen LogP contribution in [-0.4, -0.2) is 61.8 Å². The van der Waals surface area contributed by atoms with Crippen LogP contribution in [0.25, 0.3) is 0 Å². The fourth-order valence-corrected chi connectivity index (χ4v) is 3.30. The standard InChI is InChI=1S/C18H23N3O4/c1-25-18(24)13-12-21(10-11-22)17(23)16(13)19-14-6-2-3-7-15(14)20-8-4-5-9-20/h2-3,6-7,19,22H,4-5,8-12H2,1H3. The normalized spacial score (nSPS) is 17.4. The van der Waals surface area contributed by atoms with E-state index in [1.165, 1.54) is 12.0 Å².